The van der Waals surface area contributed by atoms with E-state index in [4.69, 9.17) is 21.6 Å². The van der Waals surface area contributed by atoms with Crippen molar-refractivity contribution in [3.8, 4) is 11.8 Å². The van der Waals surface area contributed by atoms with Crippen molar-refractivity contribution in [2.24, 2.45) is 0 Å². The number of hydrogen-bond donors (Lipinski definition) is 0. The van der Waals surface area contributed by atoms with Crippen LogP contribution in [0.1, 0.15) is 29.8 Å². The lowest BCUT2D eigenvalue weighted by atomic mass is 10.1. The van der Waals surface area contributed by atoms with Gasteiger partial charge in [0.05, 0.1) is 17.2 Å². The minimum atomic E-state index is -0.167. The summed E-state index contributed by atoms with van der Waals surface area (Å²) in [5, 5.41) is 9.17. The van der Waals surface area contributed by atoms with E-state index in [1.165, 1.54) is 19.1 Å². The van der Waals surface area contributed by atoms with Gasteiger partial charge in [0, 0.05) is 11.6 Å². The van der Waals surface area contributed by atoms with Crippen molar-refractivity contribution in [2.45, 2.75) is 13.8 Å². The summed E-state index contributed by atoms with van der Waals surface area (Å²) in [6.07, 6.45) is 0. The van der Waals surface area contributed by atoms with E-state index in [-0.39, 0.29) is 5.78 Å². The molecule has 4 heteroatoms. The van der Waals surface area contributed by atoms with E-state index >= 15 is 0 Å². The summed E-state index contributed by atoms with van der Waals surface area (Å²) < 4.78 is 5.23. The number of ether oxygens (including phenoxy) is 1. The van der Waals surface area contributed by atoms with Gasteiger partial charge in [-0.2, -0.15) is 5.26 Å². The largest absolute Gasteiger partial charge is 0.492 e. The molecule has 0 N–H and O–H groups in total. The number of ketones is 1. The zero-order valence-corrected chi connectivity index (χ0v) is 9.26. The first-order valence-electron chi connectivity index (χ1n) is 4.47. The van der Waals surface area contributed by atoms with Crippen LogP contribution in [0.25, 0.3) is 0 Å². The first-order valence-corrected chi connectivity index (χ1v) is 4.85. The van der Waals surface area contributed by atoms with E-state index < -0.39 is 0 Å². The third-order valence-corrected chi connectivity index (χ3v) is 2.18. The van der Waals surface area contributed by atoms with Gasteiger partial charge in [0.1, 0.15) is 11.8 Å². The average Bonchev–Trinajstić information content (AvgIpc) is 2.18. The lowest BCUT2D eigenvalue weighted by Gasteiger charge is -2.07. The van der Waals surface area contributed by atoms with Crippen LogP contribution in [0.5, 0.6) is 5.75 Å². The van der Waals surface area contributed by atoms with Gasteiger partial charge >= 0.3 is 0 Å². The van der Waals surface area contributed by atoms with Gasteiger partial charge in [0.25, 0.3) is 0 Å². The van der Waals surface area contributed by atoms with Crippen molar-refractivity contribution in [3.05, 3.63) is 28.3 Å². The summed E-state index contributed by atoms with van der Waals surface area (Å²) in [5.74, 6) is 0.245. The van der Waals surface area contributed by atoms with Crippen LogP contribution in [0.2, 0.25) is 5.02 Å². The van der Waals surface area contributed by atoms with Crippen molar-refractivity contribution in [2.75, 3.05) is 6.61 Å². The van der Waals surface area contributed by atoms with Crippen LogP contribution in [0, 0.1) is 11.3 Å². The quantitative estimate of drug-likeness (QED) is 0.741. The minimum absolute atomic E-state index is 0.167. The molecule has 0 atom stereocenters. The van der Waals surface area contributed by atoms with E-state index in [2.05, 4.69) is 0 Å². The molecule has 0 aliphatic carbocycles. The molecule has 0 saturated heterocycles. The fraction of sp³-hybridized carbons (Fsp3) is 0.273. The molecule has 1 aromatic carbocycles. The highest BCUT2D eigenvalue weighted by atomic mass is 35.5. The lowest BCUT2D eigenvalue weighted by Crippen LogP contribution is -1.99. The Bertz CT molecular complexity index is 435. The predicted octanol–water partition coefficient (Wildman–Crippen LogP) is 2.81. The summed E-state index contributed by atoms with van der Waals surface area (Å²) in [6, 6.07) is 4.92. The Balaban J connectivity index is 3.30. The van der Waals surface area contributed by atoms with Crippen LogP contribution < -0.4 is 4.74 Å². The molecule has 1 rings (SSSR count). The van der Waals surface area contributed by atoms with Gasteiger partial charge in [0.15, 0.2) is 5.78 Å². The number of carbonyl (C=O) groups is 1. The summed E-state index contributed by atoms with van der Waals surface area (Å²) in [4.78, 5) is 11.2. The maximum atomic E-state index is 11.2. The molecule has 0 aliphatic heterocycles. The number of Topliss-reactive ketones (excluding diaryl/α,β-unsaturated/α-hetero) is 1. The Hall–Kier alpha value is -1.53. The number of nitrogens with zero attached hydrogens (tertiary/aromatic N) is 1. The second kappa shape index (κ2) is 4.81. The van der Waals surface area contributed by atoms with E-state index in [0.29, 0.717) is 28.5 Å². The van der Waals surface area contributed by atoms with Gasteiger partial charge in [-0.1, -0.05) is 11.6 Å². The zero-order valence-electron chi connectivity index (χ0n) is 8.50. The van der Waals surface area contributed by atoms with Crippen molar-refractivity contribution in [1.29, 1.82) is 5.26 Å². The van der Waals surface area contributed by atoms with Crippen LogP contribution in [0.3, 0.4) is 0 Å². The Morgan fingerprint density at radius 1 is 1.60 bits per heavy atom. The molecule has 0 radical (unpaired) electrons. The SMILES string of the molecule is CCOc1cc(Cl)c(C(C)=O)cc1C#N. The highest BCUT2D eigenvalue weighted by Gasteiger charge is 2.12. The van der Waals surface area contributed by atoms with Crippen molar-refractivity contribution >= 4 is 17.4 Å². The van der Waals surface area contributed by atoms with E-state index in [1.54, 1.807) is 0 Å². The molecule has 0 saturated carbocycles. The average molecular weight is 224 g/mol. The van der Waals surface area contributed by atoms with Crippen molar-refractivity contribution < 1.29 is 9.53 Å². The standard InChI is InChI=1S/C11H10ClNO2/c1-3-15-11-5-10(12)9(7(2)14)4-8(11)6-13/h4-5H,3H2,1-2H3. The molecule has 0 aromatic heterocycles. The Morgan fingerprint density at radius 3 is 2.73 bits per heavy atom. The molecule has 0 fully saturated rings. The fourth-order valence-corrected chi connectivity index (χ4v) is 1.47. The third-order valence-electron chi connectivity index (χ3n) is 1.87. The molecule has 78 valence electrons. The lowest BCUT2D eigenvalue weighted by molar-refractivity contribution is 0.101. The summed E-state index contributed by atoms with van der Waals surface area (Å²) in [5.41, 5.74) is 0.670. The minimum Gasteiger partial charge on any atom is -0.492 e. The summed E-state index contributed by atoms with van der Waals surface area (Å²) in [7, 11) is 0. The van der Waals surface area contributed by atoms with E-state index in [9.17, 15) is 4.79 Å². The Kier molecular flexibility index (Phi) is 3.70. The zero-order chi connectivity index (χ0) is 11.4. The number of halogens is 1. The Labute approximate surface area is 93.2 Å². The van der Waals surface area contributed by atoms with Crippen LogP contribution in [-0.4, -0.2) is 12.4 Å². The molecule has 15 heavy (non-hydrogen) atoms. The molecule has 1 aromatic rings. The molecule has 0 aliphatic rings. The number of hydrogen-bond acceptors (Lipinski definition) is 3. The number of nitriles is 1. The molecular weight excluding hydrogens is 214 g/mol. The number of benzene rings is 1. The summed E-state index contributed by atoms with van der Waals surface area (Å²) >= 11 is 5.88. The van der Waals surface area contributed by atoms with Crippen LogP contribution >= 0.6 is 11.6 Å². The van der Waals surface area contributed by atoms with Crippen LogP contribution in [-0.2, 0) is 0 Å². The monoisotopic (exact) mass is 223 g/mol. The number of carbonyl (C=O) groups excluding carboxylic acids is 1. The molecule has 0 amide bonds. The molecule has 0 unspecified atom stereocenters. The van der Waals surface area contributed by atoms with Crippen molar-refractivity contribution in [3.63, 3.8) is 0 Å². The van der Waals surface area contributed by atoms with Crippen molar-refractivity contribution in [1.82, 2.24) is 0 Å². The van der Waals surface area contributed by atoms with Crippen LogP contribution in [0.4, 0.5) is 0 Å². The van der Waals surface area contributed by atoms with Gasteiger partial charge in [-0.05, 0) is 19.9 Å². The first-order chi connectivity index (χ1) is 7.10. The maximum absolute atomic E-state index is 11.2. The van der Waals surface area contributed by atoms with Gasteiger partial charge in [-0.25, -0.2) is 0 Å². The third kappa shape index (κ3) is 2.48. The first kappa shape index (κ1) is 11.5. The maximum Gasteiger partial charge on any atom is 0.161 e. The fourth-order valence-electron chi connectivity index (χ4n) is 1.19. The van der Waals surface area contributed by atoms with Gasteiger partial charge in [-0.15, -0.1) is 0 Å². The topological polar surface area (TPSA) is 50.1 Å². The summed E-state index contributed by atoms with van der Waals surface area (Å²) in [6.45, 7) is 3.67. The van der Waals surface area contributed by atoms with Gasteiger partial charge < -0.3 is 4.74 Å². The predicted molar refractivity (Wildman–Crippen MR) is 57.3 cm³/mol. The van der Waals surface area contributed by atoms with Gasteiger partial charge in [-0.3, -0.25) is 4.79 Å². The number of rotatable bonds is 3. The molecule has 0 heterocycles. The van der Waals surface area contributed by atoms with Gasteiger partial charge in [0.2, 0.25) is 0 Å². The smallest absolute Gasteiger partial charge is 0.161 e. The molecule has 0 bridgehead atoms. The van der Waals surface area contributed by atoms with E-state index in [1.807, 2.05) is 13.0 Å². The second-order valence-electron chi connectivity index (χ2n) is 2.93. The highest BCUT2D eigenvalue weighted by molar-refractivity contribution is 6.34. The highest BCUT2D eigenvalue weighted by Crippen LogP contribution is 2.27. The van der Waals surface area contributed by atoms with Crippen LogP contribution in [0.15, 0.2) is 12.1 Å². The molecular formula is C11H10ClNO2. The molecule has 3 nitrogen and oxygen atoms in total. The second-order valence-corrected chi connectivity index (χ2v) is 3.34. The van der Waals surface area contributed by atoms with E-state index in [0.717, 1.165) is 0 Å². The molecule has 0 spiro atoms. The normalized spacial score (nSPS) is 9.47. The Morgan fingerprint density at radius 2 is 2.27 bits per heavy atom.